The molecule has 0 bridgehead atoms. The number of ether oxygens (including phenoxy) is 6. The quantitative estimate of drug-likeness (QED) is 0.0244. The Labute approximate surface area is 558 Å². The largest absolute Gasteiger partial charge is 0.475 e. The molecule has 12 heterocycles. The summed E-state index contributed by atoms with van der Waals surface area (Å²) in [5.41, 5.74) is 8.35. The number of halogens is 3. The molecule has 546 valence electrons. The van der Waals surface area contributed by atoms with Gasteiger partial charge in [0.15, 0.2) is 69.2 Å². The summed E-state index contributed by atoms with van der Waals surface area (Å²) in [5, 5.41) is 0. The number of fused-ring (bicyclic) bond motifs is 6. The Morgan fingerprint density at radius 2 is 0.758 bits per heavy atom. The lowest BCUT2D eigenvalue weighted by atomic mass is 9.98. The zero-order valence-electron chi connectivity index (χ0n) is 54.7. The summed E-state index contributed by atoms with van der Waals surface area (Å²) in [7, 11) is -12.3. The summed E-state index contributed by atoms with van der Waals surface area (Å²) in [6.45, 7) is 12.9. The van der Waals surface area contributed by atoms with Gasteiger partial charge in [0.1, 0.15) is 36.6 Å². The first-order valence-corrected chi connectivity index (χ1v) is 35.4. The summed E-state index contributed by atoms with van der Waals surface area (Å²) in [5.74, 6) is -1.75. The fraction of sp³-hybridized carbons (Fsp3) is 0.667. The highest BCUT2D eigenvalue weighted by molar-refractivity contribution is 7.49. The number of nitrogens with two attached hydrogens (primary N) is 3. The molecule has 45 heteroatoms. The molecule has 9 N–H and O–H groups in total. The molecule has 12 rings (SSSR count). The van der Waals surface area contributed by atoms with Crippen LogP contribution in [0.2, 0.25) is 0 Å². The number of alkyl halides is 3. The Morgan fingerprint density at radius 1 is 0.505 bits per heavy atom. The number of rotatable bonds is 21. The van der Waals surface area contributed by atoms with E-state index in [4.69, 9.17) is 86.3 Å². The number of phosphoric acid groups is 3. The van der Waals surface area contributed by atoms with Gasteiger partial charge in [-0.3, -0.25) is 98.1 Å². The van der Waals surface area contributed by atoms with E-state index in [9.17, 15) is 42.5 Å². The molecule has 1 unspecified atom stereocenters. The molecule has 0 radical (unpaired) electrons. The summed E-state index contributed by atoms with van der Waals surface area (Å²) in [4.78, 5) is 102. The number of hydrogen-bond acceptors (Lipinski definition) is 33. The number of carbonyl (C=O) groups excluding carboxylic acids is 3. The van der Waals surface area contributed by atoms with Crippen molar-refractivity contribution in [1.29, 1.82) is 0 Å². The minimum Gasteiger partial charge on any atom is -0.463 e. The topological polar surface area (TPSA) is 510 Å². The normalized spacial score (nSPS) is 31.7. The average Bonchev–Trinajstić information content (AvgIpc) is 1.60. The number of nitrogen functional groups attached to an aromatic ring is 3. The number of H-pyrrole nitrogens is 3. The number of imidazole rings is 3. The van der Waals surface area contributed by atoms with E-state index >= 15 is 13.2 Å². The van der Waals surface area contributed by atoms with Crippen LogP contribution < -0.4 is 33.9 Å². The predicted octanol–water partition coefficient (Wildman–Crippen LogP) is 4.80. The van der Waals surface area contributed by atoms with Crippen molar-refractivity contribution >= 4 is 92.7 Å². The van der Waals surface area contributed by atoms with Crippen molar-refractivity contribution in [3.8, 4) is 0 Å². The monoisotopic (exact) mass is 1470 g/mol. The molecule has 0 spiro atoms. The Hall–Kier alpha value is -7.14. The number of anilines is 3. The van der Waals surface area contributed by atoms with E-state index in [1.807, 2.05) is 0 Å². The van der Waals surface area contributed by atoms with E-state index < -0.39 is 130 Å². The fourth-order valence-electron chi connectivity index (χ4n) is 11.2. The van der Waals surface area contributed by atoms with Crippen LogP contribution in [-0.4, -0.2) is 188 Å². The van der Waals surface area contributed by atoms with Crippen LogP contribution in [0.3, 0.4) is 0 Å². The van der Waals surface area contributed by atoms with E-state index in [-0.39, 0.29) is 148 Å². The van der Waals surface area contributed by atoms with Crippen molar-refractivity contribution < 1.29 is 110 Å². The molecular formula is C54H75F3N15O24P3. The standard InChI is InChI=1S/3C18H25FN5O8P/c3*1-9(2)30-11(25)5-4-6-28-33(27)29-7-10-13(32-33)18(3,19)16(31-10)24-8-21-12-14(24)22-17(20)23-15(12)26/h3*8-10,13,16H,4-7H2,1-3H3,(H3,20,22,23,26)/t10-,13-,16-,18-,33?;10-,13-,16-,18-,33+;10-,13-,16-,18-,33-/m111/s1. The number of nitrogens with zero attached hydrogens (tertiary/aromatic N) is 9. The number of phosphoric ester groups is 3. The Bertz CT molecular complexity index is 3870. The van der Waals surface area contributed by atoms with E-state index in [0.717, 1.165) is 0 Å². The molecule has 0 aliphatic carbocycles. The first kappa shape index (κ1) is 74.5. The third-order valence-corrected chi connectivity index (χ3v) is 19.8. The highest BCUT2D eigenvalue weighted by Gasteiger charge is 2.64. The van der Waals surface area contributed by atoms with Crippen molar-refractivity contribution in [3.63, 3.8) is 0 Å². The van der Waals surface area contributed by atoms with Crippen molar-refractivity contribution in [1.82, 2.24) is 58.6 Å². The maximum atomic E-state index is 15.9. The maximum absolute atomic E-state index is 15.9. The number of aromatic nitrogens is 12. The molecule has 15 atom stereocenters. The number of nitrogens with one attached hydrogen (secondary N) is 3. The molecule has 6 aliphatic heterocycles. The van der Waals surface area contributed by atoms with Gasteiger partial charge in [-0.2, -0.15) is 15.0 Å². The molecule has 6 fully saturated rings. The van der Waals surface area contributed by atoms with E-state index in [1.54, 1.807) is 41.5 Å². The minimum absolute atomic E-state index is 0.0254. The maximum Gasteiger partial charge on any atom is 0.475 e. The average molecular weight is 1470 g/mol. The second-order valence-corrected chi connectivity index (χ2v) is 29.5. The highest BCUT2D eigenvalue weighted by Crippen LogP contribution is 2.62. The van der Waals surface area contributed by atoms with E-state index in [2.05, 4.69) is 44.9 Å². The SMILES string of the molecule is CC(C)OC(=O)CCCOP1(=O)OC[C@H]2O[C@@H](n3cnc4c(=O)[nH]c(N)nc43)[C@](C)(F)[C@@H]2O1.CC(C)OC(=O)CCCO[P@@]1(=O)OC[C@H]2O[C@@H](n3cnc4c(=O)[nH]c(N)nc43)[C@](C)(F)[C@@H]2O1.CC(C)OC(=O)CCCO[P@]1(=O)OC[C@H]2O[C@@H](n3cnc4c(=O)[nH]c(N)nc43)[C@](C)(F)[C@@H]2O1. The molecule has 6 saturated heterocycles. The molecule has 0 saturated carbocycles. The molecule has 6 aliphatic rings. The first-order chi connectivity index (χ1) is 46.5. The molecular weight excluding hydrogens is 1390 g/mol. The second-order valence-electron chi connectivity index (χ2n) is 24.6. The molecule has 6 aromatic heterocycles. The van der Waals surface area contributed by atoms with E-state index in [0.29, 0.717) is 0 Å². The van der Waals surface area contributed by atoms with Gasteiger partial charge in [-0.15, -0.1) is 0 Å². The fourth-order valence-corrected chi connectivity index (χ4v) is 15.7. The Morgan fingerprint density at radius 3 is 1.00 bits per heavy atom. The molecule has 6 aromatic rings. The lowest BCUT2D eigenvalue weighted by Crippen LogP contribution is -2.44. The van der Waals surface area contributed by atoms with Gasteiger partial charge in [0, 0.05) is 19.3 Å². The predicted molar refractivity (Wildman–Crippen MR) is 332 cm³/mol. The zero-order valence-corrected chi connectivity index (χ0v) is 57.4. The van der Waals surface area contributed by atoms with Crippen molar-refractivity contribution in [2.75, 3.05) is 56.8 Å². The molecule has 0 aromatic carbocycles. The van der Waals surface area contributed by atoms with Crippen LogP contribution in [0.4, 0.5) is 31.0 Å². The van der Waals surface area contributed by atoms with Crippen LogP contribution in [0.1, 0.15) is 120 Å². The van der Waals surface area contributed by atoms with Crippen LogP contribution in [-0.2, 0) is 97.2 Å². The van der Waals surface area contributed by atoms with Gasteiger partial charge in [-0.05, 0) is 81.6 Å². The van der Waals surface area contributed by atoms with Crippen molar-refractivity contribution in [3.05, 3.63) is 50.0 Å². The van der Waals surface area contributed by atoms with Gasteiger partial charge < -0.3 is 45.6 Å². The Balaban J connectivity index is 0.000000161. The summed E-state index contributed by atoms with van der Waals surface area (Å²) in [6.07, 6.45) is -6.87. The van der Waals surface area contributed by atoms with Gasteiger partial charge in [0.05, 0.1) is 76.9 Å². The van der Waals surface area contributed by atoms with Crippen molar-refractivity contribution in [2.45, 2.75) is 191 Å². The van der Waals surface area contributed by atoms with Gasteiger partial charge >= 0.3 is 41.4 Å². The van der Waals surface area contributed by atoms with Crippen LogP contribution in [0, 0.1) is 0 Å². The van der Waals surface area contributed by atoms with E-state index in [1.165, 1.54) is 53.5 Å². The van der Waals surface area contributed by atoms with Gasteiger partial charge in [-0.1, -0.05) is 0 Å². The zero-order chi connectivity index (χ0) is 71.9. The molecule has 0 amide bonds. The lowest BCUT2D eigenvalue weighted by molar-refractivity contribution is -0.148. The van der Waals surface area contributed by atoms with Crippen LogP contribution >= 0.6 is 23.5 Å². The van der Waals surface area contributed by atoms with Crippen molar-refractivity contribution in [2.24, 2.45) is 0 Å². The summed E-state index contributed by atoms with van der Waals surface area (Å²) >= 11 is 0. The third kappa shape index (κ3) is 16.4. The van der Waals surface area contributed by atoms with Crippen LogP contribution in [0.15, 0.2) is 33.4 Å². The van der Waals surface area contributed by atoms with Crippen LogP contribution in [0.5, 0.6) is 0 Å². The third-order valence-electron chi connectivity index (χ3n) is 15.5. The summed E-state index contributed by atoms with van der Waals surface area (Å²) < 4.78 is 170. The van der Waals surface area contributed by atoms with Gasteiger partial charge in [0.25, 0.3) is 16.7 Å². The number of esters is 3. The van der Waals surface area contributed by atoms with Crippen LogP contribution in [0.25, 0.3) is 33.5 Å². The number of hydrogen-bond donors (Lipinski definition) is 6. The van der Waals surface area contributed by atoms with Gasteiger partial charge in [-0.25, -0.2) is 41.8 Å². The smallest absolute Gasteiger partial charge is 0.463 e. The minimum atomic E-state index is -4.11. The lowest BCUT2D eigenvalue weighted by Gasteiger charge is -2.33. The Kier molecular flexibility index (Phi) is 22.2. The summed E-state index contributed by atoms with van der Waals surface area (Å²) in [6, 6.07) is 0. The molecule has 99 heavy (non-hydrogen) atoms. The number of carbonyl (C=O) groups is 3. The second kappa shape index (κ2) is 29.4. The molecule has 39 nitrogen and oxygen atoms in total. The number of aromatic amines is 3. The van der Waals surface area contributed by atoms with Gasteiger partial charge in [0.2, 0.25) is 17.8 Å². The first-order valence-electron chi connectivity index (χ1n) is 31.0. The highest BCUT2D eigenvalue weighted by atomic mass is 31.2.